The molecule has 0 saturated heterocycles. The highest BCUT2D eigenvalue weighted by atomic mass is 35.5. The minimum atomic E-state index is 0. The fraction of sp³-hybridized carbons (Fsp3) is 0.222. The molecular formula is C9H13ClN2O. The van der Waals surface area contributed by atoms with Gasteiger partial charge in [-0.15, -0.1) is 12.4 Å². The Morgan fingerprint density at radius 1 is 1.38 bits per heavy atom. The van der Waals surface area contributed by atoms with Crippen LogP contribution in [0.5, 0.6) is 0 Å². The van der Waals surface area contributed by atoms with E-state index in [9.17, 15) is 0 Å². The van der Waals surface area contributed by atoms with Gasteiger partial charge in [0.15, 0.2) is 0 Å². The summed E-state index contributed by atoms with van der Waals surface area (Å²) in [4.78, 5) is 4.94. The molecule has 0 fully saturated rings. The van der Waals surface area contributed by atoms with Crippen LogP contribution in [0.3, 0.4) is 0 Å². The predicted molar refractivity (Wildman–Crippen MR) is 55.8 cm³/mol. The van der Waals surface area contributed by atoms with Crippen LogP contribution in [0.1, 0.15) is 12.5 Å². The Kier molecular flexibility index (Phi) is 5.72. The Morgan fingerprint density at radius 2 is 2.00 bits per heavy atom. The van der Waals surface area contributed by atoms with Crippen LogP contribution in [0.4, 0.5) is 0 Å². The van der Waals surface area contributed by atoms with Gasteiger partial charge in [0.1, 0.15) is 12.4 Å². The molecule has 1 aromatic carbocycles. The summed E-state index contributed by atoms with van der Waals surface area (Å²) in [6, 6.07) is 9.82. The lowest BCUT2D eigenvalue weighted by Crippen LogP contribution is -2.05. The zero-order chi connectivity index (χ0) is 8.81. The third-order valence-corrected chi connectivity index (χ3v) is 1.28. The van der Waals surface area contributed by atoms with Crippen molar-refractivity contribution in [1.29, 1.82) is 0 Å². The maximum atomic E-state index is 5.28. The molecule has 3 nitrogen and oxygen atoms in total. The van der Waals surface area contributed by atoms with E-state index in [4.69, 9.17) is 10.6 Å². The normalized spacial score (nSPS) is 10.4. The van der Waals surface area contributed by atoms with Gasteiger partial charge in [-0.3, -0.25) is 0 Å². The summed E-state index contributed by atoms with van der Waals surface area (Å²) < 4.78 is 0. The highest BCUT2D eigenvalue weighted by Crippen LogP contribution is 1.99. The van der Waals surface area contributed by atoms with Crippen LogP contribution >= 0.6 is 12.4 Å². The van der Waals surface area contributed by atoms with Gasteiger partial charge in [0.25, 0.3) is 0 Å². The van der Waals surface area contributed by atoms with Crippen molar-refractivity contribution in [3.8, 4) is 0 Å². The van der Waals surface area contributed by atoms with E-state index in [1.165, 1.54) is 0 Å². The van der Waals surface area contributed by atoms with Crippen molar-refractivity contribution >= 4 is 18.2 Å². The average Bonchev–Trinajstić information content (AvgIpc) is 2.05. The van der Waals surface area contributed by atoms with Crippen LogP contribution < -0.4 is 5.73 Å². The zero-order valence-corrected chi connectivity index (χ0v) is 8.25. The van der Waals surface area contributed by atoms with Gasteiger partial charge in [0.05, 0.1) is 0 Å². The minimum Gasteiger partial charge on any atom is -0.390 e. The summed E-state index contributed by atoms with van der Waals surface area (Å²) in [5.74, 6) is 0.436. The van der Waals surface area contributed by atoms with E-state index in [0.717, 1.165) is 5.56 Å². The SMILES string of the molecule is C/C(N)=N/OCc1ccccc1.Cl. The van der Waals surface area contributed by atoms with E-state index in [-0.39, 0.29) is 12.4 Å². The van der Waals surface area contributed by atoms with E-state index in [2.05, 4.69) is 5.16 Å². The van der Waals surface area contributed by atoms with Gasteiger partial charge in [-0.1, -0.05) is 35.5 Å². The fourth-order valence-electron chi connectivity index (χ4n) is 0.783. The Labute approximate surface area is 84.0 Å². The van der Waals surface area contributed by atoms with E-state index in [0.29, 0.717) is 12.4 Å². The van der Waals surface area contributed by atoms with Crippen molar-refractivity contribution in [2.24, 2.45) is 10.9 Å². The number of nitrogens with zero attached hydrogens (tertiary/aromatic N) is 1. The molecule has 0 saturated carbocycles. The smallest absolute Gasteiger partial charge is 0.142 e. The number of oxime groups is 1. The van der Waals surface area contributed by atoms with Crippen molar-refractivity contribution < 1.29 is 4.84 Å². The van der Waals surface area contributed by atoms with Gasteiger partial charge in [-0.05, 0) is 12.5 Å². The second kappa shape index (κ2) is 6.31. The molecule has 1 rings (SSSR count). The largest absolute Gasteiger partial charge is 0.390 e. The highest BCUT2D eigenvalue weighted by Gasteiger charge is 1.88. The third-order valence-electron chi connectivity index (χ3n) is 1.28. The number of nitrogens with two attached hydrogens (primary N) is 1. The van der Waals surface area contributed by atoms with Crippen molar-refractivity contribution in [2.45, 2.75) is 13.5 Å². The number of halogens is 1. The lowest BCUT2D eigenvalue weighted by molar-refractivity contribution is 0.130. The maximum Gasteiger partial charge on any atom is 0.142 e. The zero-order valence-electron chi connectivity index (χ0n) is 7.43. The van der Waals surface area contributed by atoms with Crippen LogP contribution in [0.25, 0.3) is 0 Å². The predicted octanol–water partition coefficient (Wildman–Crippen LogP) is 1.92. The second-order valence-corrected chi connectivity index (χ2v) is 2.49. The van der Waals surface area contributed by atoms with E-state index in [1.54, 1.807) is 6.92 Å². The quantitative estimate of drug-likeness (QED) is 0.460. The molecule has 0 radical (unpaired) electrons. The first kappa shape index (κ1) is 11.8. The molecule has 0 heterocycles. The van der Waals surface area contributed by atoms with Gasteiger partial charge < -0.3 is 10.6 Å². The Hall–Kier alpha value is -1.22. The molecule has 0 aliphatic rings. The summed E-state index contributed by atoms with van der Waals surface area (Å²) in [6.07, 6.45) is 0. The Balaban J connectivity index is 0.00000144. The maximum absolute atomic E-state index is 5.28. The topological polar surface area (TPSA) is 47.6 Å². The van der Waals surface area contributed by atoms with Gasteiger partial charge in [-0.25, -0.2) is 0 Å². The lowest BCUT2D eigenvalue weighted by atomic mass is 10.2. The summed E-state index contributed by atoms with van der Waals surface area (Å²) in [5.41, 5.74) is 6.37. The molecule has 72 valence electrons. The van der Waals surface area contributed by atoms with E-state index < -0.39 is 0 Å². The first-order valence-corrected chi connectivity index (χ1v) is 3.75. The molecule has 0 aromatic heterocycles. The summed E-state index contributed by atoms with van der Waals surface area (Å²) >= 11 is 0. The lowest BCUT2D eigenvalue weighted by Gasteiger charge is -1.98. The van der Waals surface area contributed by atoms with Crippen LogP contribution in [0.2, 0.25) is 0 Å². The summed E-state index contributed by atoms with van der Waals surface area (Å²) in [6.45, 7) is 2.15. The standard InChI is InChI=1S/C9H12N2O.ClH/c1-8(10)11-12-7-9-5-3-2-4-6-9;/h2-6H,7H2,1H3,(H2,10,11);1H. The summed E-state index contributed by atoms with van der Waals surface area (Å²) in [7, 11) is 0. The molecule has 0 aliphatic carbocycles. The molecule has 0 aliphatic heterocycles. The van der Waals surface area contributed by atoms with Gasteiger partial charge >= 0.3 is 0 Å². The second-order valence-electron chi connectivity index (χ2n) is 2.49. The number of amidine groups is 1. The Morgan fingerprint density at radius 3 is 2.54 bits per heavy atom. The Bertz CT molecular complexity index is 258. The van der Waals surface area contributed by atoms with Gasteiger partial charge in [0.2, 0.25) is 0 Å². The first-order chi connectivity index (χ1) is 5.79. The van der Waals surface area contributed by atoms with Crippen molar-refractivity contribution in [2.75, 3.05) is 0 Å². The number of hydrogen-bond donors (Lipinski definition) is 1. The van der Waals surface area contributed by atoms with Gasteiger partial charge in [0, 0.05) is 0 Å². The minimum absolute atomic E-state index is 0. The number of rotatable bonds is 3. The third kappa shape index (κ3) is 5.09. The molecule has 0 bridgehead atoms. The molecule has 0 unspecified atom stereocenters. The van der Waals surface area contributed by atoms with E-state index in [1.807, 2.05) is 30.3 Å². The number of benzene rings is 1. The highest BCUT2D eigenvalue weighted by molar-refractivity contribution is 5.85. The van der Waals surface area contributed by atoms with Crippen LogP contribution in [0.15, 0.2) is 35.5 Å². The van der Waals surface area contributed by atoms with E-state index >= 15 is 0 Å². The van der Waals surface area contributed by atoms with Crippen LogP contribution in [-0.4, -0.2) is 5.84 Å². The summed E-state index contributed by atoms with van der Waals surface area (Å²) in [5, 5.41) is 3.61. The molecule has 1 aromatic rings. The molecule has 13 heavy (non-hydrogen) atoms. The average molecular weight is 201 g/mol. The van der Waals surface area contributed by atoms with Crippen LogP contribution in [-0.2, 0) is 11.4 Å². The molecule has 0 atom stereocenters. The molecular weight excluding hydrogens is 188 g/mol. The molecule has 0 amide bonds. The van der Waals surface area contributed by atoms with Gasteiger partial charge in [-0.2, -0.15) is 0 Å². The molecule has 2 N–H and O–H groups in total. The van der Waals surface area contributed by atoms with Crippen molar-refractivity contribution in [1.82, 2.24) is 0 Å². The molecule has 0 spiro atoms. The monoisotopic (exact) mass is 200 g/mol. The van der Waals surface area contributed by atoms with Crippen molar-refractivity contribution in [3.63, 3.8) is 0 Å². The number of hydrogen-bond acceptors (Lipinski definition) is 2. The van der Waals surface area contributed by atoms with Crippen molar-refractivity contribution in [3.05, 3.63) is 35.9 Å². The fourth-order valence-corrected chi connectivity index (χ4v) is 0.783. The first-order valence-electron chi connectivity index (χ1n) is 3.75. The molecule has 4 heteroatoms. The van der Waals surface area contributed by atoms with Crippen LogP contribution in [0, 0.1) is 0 Å².